The highest BCUT2D eigenvalue weighted by Crippen LogP contribution is 2.31. The number of hydrogen-bond acceptors (Lipinski definition) is 7. The molecule has 0 saturated carbocycles. The van der Waals surface area contributed by atoms with Crippen LogP contribution in [-0.4, -0.2) is 35.0 Å². The van der Waals surface area contributed by atoms with Crippen LogP contribution >= 0.6 is 0 Å². The summed E-state index contributed by atoms with van der Waals surface area (Å²) < 4.78 is 16.2. The van der Waals surface area contributed by atoms with Crippen LogP contribution in [0.2, 0.25) is 0 Å². The average molecular weight is 298 g/mol. The van der Waals surface area contributed by atoms with Crippen LogP contribution < -0.4 is 4.74 Å². The Kier molecular flexibility index (Phi) is 4.05. The second kappa shape index (κ2) is 5.62. The fraction of sp³-hybridized carbons (Fsp3) is 0.500. The summed E-state index contributed by atoms with van der Waals surface area (Å²) in [5.41, 5.74) is -0.821. The van der Waals surface area contributed by atoms with Crippen molar-refractivity contribution in [2.75, 3.05) is 13.2 Å². The van der Waals surface area contributed by atoms with Gasteiger partial charge in [-0.3, -0.25) is 20.2 Å². The zero-order valence-corrected chi connectivity index (χ0v) is 11.5. The number of nitrogens with zero attached hydrogens (tertiary/aromatic N) is 2. The smallest absolute Gasteiger partial charge is 0.317 e. The number of ether oxygens (including phenoxy) is 3. The van der Waals surface area contributed by atoms with Gasteiger partial charge in [-0.1, -0.05) is 0 Å². The molecule has 9 heteroatoms. The summed E-state index contributed by atoms with van der Waals surface area (Å²) in [5, 5.41) is 21.6. The largest absolute Gasteiger partial charge is 0.484 e. The molecule has 2 rings (SSSR count). The molecule has 0 aliphatic carbocycles. The average Bonchev–Trinajstić information content (AvgIpc) is 2.75. The highest BCUT2D eigenvalue weighted by atomic mass is 16.7. The van der Waals surface area contributed by atoms with Crippen molar-refractivity contribution in [2.24, 2.45) is 0 Å². The molecular formula is C12H14N2O7. The lowest BCUT2D eigenvalue weighted by atomic mass is 10.2. The van der Waals surface area contributed by atoms with Gasteiger partial charge in [0.05, 0.1) is 22.5 Å². The molecule has 0 aromatic heterocycles. The fourth-order valence-electron chi connectivity index (χ4n) is 1.91. The molecular weight excluding hydrogens is 284 g/mol. The maximum absolute atomic E-state index is 10.9. The van der Waals surface area contributed by atoms with Crippen molar-refractivity contribution in [2.45, 2.75) is 25.7 Å². The Morgan fingerprint density at radius 3 is 2.57 bits per heavy atom. The number of nitro groups is 2. The van der Waals surface area contributed by atoms with Gasteiger partial charge in [-0.2, -0.15) is 0 Å². The normalized spacial score (nSPS) is 20.2. The molecule has 114 valence electrons. The number of benzene rings is 1. The highest BCUT2D eigenvalue weighted by molar-refractivity contribution is 5.53. The maximum atomic E-state index is 10.9. The van der Waals surface area contributed by atoms with Crippen molar-refractivity contribution in [3.8, 4) is 5.75 Å². The van der Waals surface area contributed by atoms with Gasteiger partial charge < -0.3 is 14.2 Å². The van der Waals surface area contributed by atoms with Gasteiger partial charge in [0.25, 0.3) is 5.69 Å². The minimum atomic E-state index is -0.724. The highest BCUT2D eigenvalue weighted by Gasteiger charge is 2.33. The Bertz CT molecular complexity index is 573. The van der Waals surface area contributed by atoms with Gasteiger partial charge in [0, 0.05) is 6.07 Å². The van der Waals surface area contributed by atoms with Crippen LogP contribution in [0.25, 0.3) is 0 Å². The molecule has 21 heavy (non-hydrogen) atoms. The molecule has 0 N–H and O–H groups in total. The van der Waals surface area contributed by atoms with E-state index in [4.69, 9.17) is 14.2 Å². The summed E-state index contributed by atoms with van der Waals surface area (Å²) in [6.07, 6.45) is -0.352. The first-order valence-electron chi connectivity index (χ1n) is 6.16. The summed E-state index contributed by atoms with van der Waals surface area (Å²) in [7, 11) is 0. The quantitative estimate of drug-likeness (QED) is 0.603. The molecule has 9 nitrogen and oxygen atoms in total. The second-order valence-electron chi connectivity index (χ2n) is 4.93. The van der Waals surface area contributed by atoms with Crippen molar-refractivity contribution < 1.29 is 24.1 Å². The van der Waals surface area contributed by atoms with Crippen molar-refractivity contribution in [1.82, 2.24) is 0 Å². The third kappa shape index (κ3) is 3.64. The lowest BCUT2D eigenvalue weighted by Gasteiger charge is -2.17. The van der Waals surface area contributed by atoms with Crippen LogP contribution in [0.1, 0.15) is 13.8 Å². The van der Waals surface area contributed by atoms with Gasteiger partial charge in [-0.25, -0.2) is 0 Å². The van der Waals surface area contributed by atoms with E-state index in [-0.39, 0.29) is 24.1 Å². The minimum absolute atomic E-state index is 0.0427. The molecule has 1 aromatic carbocycles. The van der Waals surface area contributed by atoms with Crippen molar-refractivity contribution in [3.05, 3.63) is 38.4 Å². The summed E-state index contributed by atoms with van der Waals surface area (Å²) in [5.74, 6) is -0.756. The number of nitro benzene ring substituents is 2. The van der Waals surface area contributed by atoms with Gasteiger partial charge in [-0.05, 0) is 19.9 Å². The van der Waals surface area contributed by atoms with E-state index < -0.39 is 21.3 Å². The van der Waals surface area contributed by atoms with Crippen molar-refractivity contribution in [1.29, 1.82) is 0 Å². The first kappa shape index (κ1) is 15.1. The van der Waals surface area contributed by atoms with Crippen molar-refractivity contribution in [3.63, 3.8) is 0 Å². The third-order valence-electron chi connectivity index (χ3n) is 2.84. The van der Waals surface area contributed by atoms with Crippen molar-refractivity contribution >= 4 is 11.4 Å². The van der Waals surface area contributed by atoms with Crippen LogP contribution in [0.4, 0.5) is 11.4 Å². The van der Waals surface area contributed by atoms with Gasteiger partial charge >= 0.3 is 5.69 Å². The van der Waals surface area contributed by atoms with E-state index in [0.29, 0.717) is 6.61 Å². The van der Waals surface area contributed by atoms with E-state index in [0.717, 1.165) is 12.1 Å². The SMILES string of the molecule is CC1(C)OCC(COc2ccc([N+](=O)[O-])cc2[N+](=O)[O-])O1. The molecule has 1 heterocycles. The Morgan fingerprint density at radius 2 is 2.05 bits per heavy atom. The predicted octanol–water partition coefficient (Wildman–Crippen LogP) is 2.03. The minimum Gasteiger partial charge on any atom is -0.484 e. The molecule has 0 bridgehead atoms. The second-order valence-corrected chi connectivity index (χ2v) is 4.93. The lowest BCUT2D eigenvalue weighted by molar-refractivity contribution is -0.394. The van der Waals surface area contributed by atoms with Crippen LogP contribution in [0, 0.1) is 20.2 Å². The van der Waals surface area contributed by atoms with E-state index >= 15 is 0 Å². The summed E-state index contributed by atoms with van der Waals surface area (Å²) in [4.78, 5) is 20.1. The molecule has 1 aliphatic heterocycles. The van der Waals surface area contributed by atoms with Gasteiger partial charge in [-0.15, -0.1) is 0 Å². The van der Waals surface area contributed by atoms with E-state index in [2.05, 4.69) is 0 Å². The van der Waals surface area contributed by atoms with Gasteiger partial charge in [0.2, 0.25) is 0 Å². The molecule has 0 spiro atoms. The van der Waals surface area contributed by atoms with E-state index in [1.807, 2.05) is 0 Å². The lowest BCUT2D eigenvalue weighted by Crippen LogP contribution is -2.25. The predicted molar refractivity (Wildman–Crippen MR) is 70.1 cm³/mol. The number of rotatable bonds is 5. The topological polar surface area (TPSA) is 114 Å². The Labute approximate surface area is 119 Å². The first-order valence-corrected chi connectivity index (χ1v) is 6.16. The number of non-ortho nitro benzene ring substituents is 1. The molecule has 0 radical (unpaired) electrons. The molecule has 1 atom stereocenters. The fourth-order valence-corrected chi connectivity index (χ4v) is 1.91. The van der Waals surface area contributed by atoms with E-state index in [1.54, 1.807) is 13.8 Å². The van der Waals surface area contributed by atoms with Crippen LogP contribution in [0.5, 0.6) is 5.75 Å². The monoisotopic (exact) mass is 298 g/mol. The standard InChI is InChI=1S/C12H14N2O7/c1-12(2)20-7-9(21-12)6-19-11-4-3-8(13(15)16)5-10(11)14(17)18/h3-5,9H,6-7H2,1-2H3. The Hall–Kier alpha value is -2.26. The van der Waals surface area contributed by atoms with E-state index in [1.165, 1.54) is 6.07 Å². The van der Waals surface area contributed by atoms with Crippen LogP contribution in [0.15, 0.2) is 18.2 Å². The van der Waals surface area contributed by atoms with Crippen LogP contribution in [0.3, 0.4) is 0 Å². The molecule has 1 saturated heterocycles. The zero-order chi connectivity index (χ0) is 15.6. The molecule has 1 aliphatic rings. The van der Waals surface area contributed by atoms with Gasteiger partial charge in [0.15, 0.2) is 11.5 Å². The zero-order valence-electron chi connectivity index (χ0n) is 11.5. The molecule has 1 unspecified atom stereocenters. The summed E-state index contributed by atoms with van der Waals surface area (Å²) in [6.45, 7) is 3.87. The summed E-state index contributed by atoms with van der Waals surface area (Å²) in [6, 6.07) is 3.22. The summed E-state index contributed by atoms with van der Waals surface area (Å²) >= 11 is 0. The van der Waals surface area contributed by atoms with Gasteiger partial charge in [0.1, 0.15) is 12.7 Å². The molecule has 0 amide bonds. The van der Waals surface area contributed by atoms with E-state index in [9.17, 15) is 20.2 Å². The maximum Gasteiger partial charge on any atom is 0.317 e. The Morgan fingerprint density at radius 1 is 1.33 bits per heavy atom. The Balaban J connectivity index is 2.09. The molecule has 1 aromatic rings. The third-order valence-corrected chi connectivity index (χ3v) is 2.84. The first-order chi connectivity index (χ1) is 9.78. The number of hydrogen-bond donors (Lipinski definition) is 0. The van der Waals surface area contributed by atoms with Crippen LogP contribution in [-0.2, 0) is 9.47 Å². The molecule has 1 fully saturated rings.